The van der Waals surface area contributed by atoms with Gasteiger partial charge in [-0.2, -0.15) is 23.8 Å². The summed E-state index contributed by atoms with van der Waals surface area (Å²) in [5.74, 6) is -2.14. The minimum atomic E-state index is -4.37. The van der Waals surface area contributed by atoms with E-state index in [1.807, 2.05) is 0 Å². The van der Waals surface area contributed by atoms with Crippen LogP contribution in [-0.4, -0.2) is 93.2 Å². The molecular weight excluding hydrogens is 504 g/mol. The topological polar surface area (TPSA) is 204 Å². The van der Waals surface area contributed by atoms with E-state index in [1.165, 1.54) is 42.5 Å². The summed E-state index contributed by atoms with van der Waals surface area (Å²) in [5, 5.41) is 45.6. The van der Waals surface area contributed by atoms with Gasteiger partial charge in [0, 0.05) is 71.2 Å². The summed E-state index contributed by atoms with van der Waals surface area (Å²) < 4.78 is 31.1. The molecule has 0 spiro atoms. The molecule has 3 rings (SSSR count). The predicted octanol–water partition coefficient (Wildman–Crippen LogP) is 4.31. The molecule has 3 N–H and O–H groups in total. The van der Waals surface area contributed by atoms with Crippen molar-refractivity contribution >= 4 is 104 Å². The van der Waals surface area contributed by atoms with Crippen LogP contribution in [0.2, 0.25) is 0 Å². The molecule has 0 fully saturated rings. The Morgan fingerprint density at radius 2 is 1.31 bits per heavy atom. The Morgan fingerprint density at radius 1 is 0.829 bits per heavy atom. The van der Waals surface area contributed by atoms with Crippen molar-refractivity contribution in [3.05, 3.63) is 76.3 Å². The van der Waals surface area contributed by atoms with E-state index in [2.05, 4.69) is 20.5 Å². The zero-order valence-corrected chi connectivity index (χ0v) is 23.1. The number of aromatic carboxylic acids is 1. The van der Waals surface area contributed by atoms with Gasteiger partial charge in [-0.3, -0.25) is 14.7 Å². The van der Waals surface area contributed by atoms with Gasteiger partial charge >= 0.3 is 5.97 Å². The van der Waals surface area contributed by atoms with Crippen molar-refractivity contribution < 1.29 is 32.9 Å². The number of non-ortho nitro benzene ring substituents is 1. The number of aromatic hydroxyl groups is 1. The van der Waals surface area contributed by atoms with E-state index >= 15 is 0 Å². The normalized spacial score (nSPS) is 11.1. The predicted molar refractivity (Wildman–Crippen MR) is 124 cm³/mol. The maximum atomic E-state index is 11.5. The van der Waals surface area contributed by atoms with Crippen molar-refractivity contribution in [2.45, 2.75) is 4.90 Å². The van der Waals surface area contributed by atoms with Crippen LogP contribution in [-0.2, 0) is 10.1 Å². The molecule has 0 aromatic heterocycles. The molecule has 13 nitrogen and oxygen atoms in total. The van der Waals surface area contributed by atoms with E-state index in [1.54, 1.807) is 0 Å². The first-order chi connectivity index (χ1) is 15.5. The molecule has 3 aromatic rings. The van der Waals surface area contributed by atoms with Gasteiger partial charge in [0.05, 0.1) is 26.9 Å². The third kappa shape index (κ3) is 8.26. The first kappa shape index (κ1) is 30.5. The Balaban J connectivity index is 0.00000306. The summed E-state index contributed by atoms with van der Waals surface area (Å²) in [5.41, 5.74) is -0.530. The van der Waals surface area contributed by atoms with E-state index in [0.29, 0.717) is 0 Å². The van der Waals surface area contributed by atoms with Crippen LogP contribution < -0.4 is 0 Å². The largest absolute Gasteiger partial charge is 0.505 e. The van der Waals surface area contributed by atoms with Gasteiger partial charge in [-0.1, -0.05) is 0 Å². The average Bonchev–Trinajstić information content (AvgIpc) is 2.77. The number of benzene rings is 3. The van der Waals surface area contributed by atoms with Crippen LogP contribution in [0.15, 0.2) is 86.0 Å². The number of hydrogen-bond donors (Lipinski definition) is 3. The molecule has 3 aromatic carbocycles. The fourth-order valence-electron chi connectivity index (χ4n) is 2.45. The summed E-state index contributed by atoms with van der Waals surface area (Å²) in [4.78, 5) is 21.2. The SMILES string of the molecule is O=C(O)c1cc(N=Nc2ccc(S(=O)(=O)O)cc2)cc(N=Nc2ccc([N+](=O)[O-])cc2)c1O.[Na].[Na]. The number of nitrogens with zero attached hydrogens (tertiary/aromatic N) is 5. The van der Waals surface area contributed by atoms with Crippen LogP contribution in [0.5, 0.6) is 5.75 Å². The molecule has 170 valence electrons. The molecule has 0 aliphatic heterocycles. The van der Waals surface area contributed by atoms with Gasteiger partial charge in [-0.25, -0.2) is 4.79 Å². The second-order valence-corrected chi connectivity index (χ2v) is 7.73. The molecular formula is C19H13N5Na2O8S. The van der Waals surface area contributed by atoms with Gasteiger partial charge in [-0.05, 0) is 48.5 Å². The molecule has 0 aliphatic carbocycles. The van der Waals surface area contributed by atoms with E-state index in [9.17, 15) is 33.5 Å². The van der Waals surface area contributed by atoms with Crippen molar-refractivity contribution in [1.29, 1.82) is 0 Å². The number of carbonyl (C=O) groups is 1. The Hall–Kier alpha value is -2.56. The third-order valence-corrected chi connectivity index (χ3v) is 4.92. The number of carboxylic acid groups (broad SMARTS) is 1. The minimum absolute atomic E-state index is 0. The van der Waals surface area contributed by atoms with Crippen molar-refractivity contribution in [2.24, 2.45) is 20.5 Å². The Bertz CT molecular complexity index is 1400. The van der Waals surface area contributed by atoms with Gasteiger partial charge < -0.3 is 10.2 Å². The average molecular weight is 517 g/mol. The molecule has 0 aliphatic rings. The zero-order chi connectivity index (χ0) is 24.2. The molecule has 35 heavy (non-hydrogen) atoms. The van der Waals surface area contributed by atoms with Gasteiger partial charge in [0.2, 0.25) is 0 Å². The van der Waals surface area contributed by atoms with Crippen LogP contribution in [0.3, 0.4) is 0 Å². The first-order valence-electron chi connectivity index (χ1n) is 8.80. The Kier molecular flexibility index (Phi) is 11.3. The summed E-state index contributed by atoms with van der Waals surface area (Å²) in [6.07, 6.45) is 0. The van der Waals surface area contributed by atoms with Crippen LogP contribution in [0, 0.1) is 10.1 Å². The minimum Gasteiger partial charge on any atom is -0.505 e. The number of hydrogen-bond acceptors (Lipinski definition) is 10. The van der Waals surface area contributed by atoms with Crippen molar-refractivity contribution in [1.82, 2.24) is 0 Å². The monoisotopic (exact) mass is 517 g/mol. The van der Waals surface area contributed by atoms with Crippen LogP contribution >= 0.6 is 0 Å². The number of nitro groups is 1. The van der Waals surface area contributed by atoms with Gasteiger partial charge in [0.25, 0.3) is 15.8 Å². The molecule has 0 atom stereocenters. The van der Waals surface area contributed by atoms with Crippen LogP contribution in [0.1, 0.15) is 10.4 Å². The summed E-state index contributed by atoms with van der Waals surface area (Å²) >= 11 is 0. The van der Waals surface area contributed by atoms with E-state index in [4.69, 9.17) is 4.55 Å². The molecule has 0 unspecified atom stereocenters. The van der Waals surface area contributed by atoms with Crippen molar-refractivity contribution in [3.63, 3.8) is 0 Å². The Labute approximate surface area is 242 Å². The standard InChI is InChI=1S/C19H13N5O8S.2Na/c25-18-16(19(26)27)9-13(22-20-12-3-7-15(8-4-12)33(30,31)32)10-17(18)23-21-11-1-5-14(6-2-11)24(28)29;;/h1-10,25H,(H,26,27)(H,30,31,32);;. The third-order valence-electron chi connectivity index (χ3n) is 4.05. The number of carboxylic acids is 1. The van der Waals surface area contributed by atoms with Crippen molar-refractivity contribution in [3.8, 4) is 5.75 Å². The molecule has 16 heteroatoms. The van der Waals surface area contributed by atoms with Crippen molar-refractivity contribution in [2.75, 3.05) is 0 Å². The smallest absolute Gasteiger partial charge is 0.339 e. The molecule has 0 amide bonds. The van der Waals surface area contributed by atoms with Crippen LogP contribution in [0.25, 0.3) is 0 Å². The number of rotatable bonds is 7. The van der Waals surface area contributed by atoms with Gasteiger partial charge in [-0.15, -0.1) is 5.11 Å². The maximum absolute atomic E-state index is 11.5. The fourth-order valence-corrected chi connectivity index (χ4v) is 2.93. The second kappa shape index (κ2) is 12.9. The molecule has 0 heterocycles. The van der Waals surface area contributed by atoms with E-state index in [0.717, 1.165) is 18.2 Å². The zero-order valence-electron chi connectivity index (χ0n) is 18.3. The first-order valence-corrected chi connectivity index (χ1v) is 10.2. The van der Waals surface area contributed by atoms with E-state index in [-0.39, 0.29) is 92.4 Å². The molecule has 0 bridgehead atoms. The summed E-state index contributed by atoms with van der Waals surface area (Å²) in [6.45, 7) is 0. The fraction of sp³-hybridized carbons (Fsp3) is 0. The van der Waals surface area contributed by atoms with E-state index < -0.39 is 32.3 Å². The molecule has 0 saturated heterocycles. The quantitative estimate of drug-likeness (QED) is 0.135. The number of nitro benzene ring substituents is 1. The van der Waals surface area contributed by atoms with Crippen LogP contribution in [0.4, 0.5) is 28.4 Å². The Morgan fingerprint density at radius 3 is 1.80 bits per heavy atom. The summed E-state index contributed by atoms with van der Waals surface area (Å²) in [6, 6.07) is 12.0. The number of azo groups is 2. The second-order valence-electron chi connectivity index (χ2n) is 6.31. The molecule has 2 radical (unpaired) electrons. The van der Waals surface area contributed by atoms with Gasteiger partial charge in [0.15, 0.2) is 5.75 Å². The maximum Gasteiger partial charge on any atom is 0.339 e. The molecule has 0 saturated carbocycles. The summed E-state index contributed by atoms with van der Waals surface area (Å²) in [7, 11) is -4.37. The number of phenols is 1. The van der Waals surface area contributed by atoms with Gasteiger partial charge in [0.1, 0.15) is 11.3 Å².